The van der Waals surface area contributed by atoms with Gasteiger partial charge in [-0.25, -0.2) is 0 Å². The van der Waals surface area contributed by atoms with Crippen LogP contribution >= 0.6 is 0 Å². The predicted octanol–water partition coefficient (Wildman–Crippen LogP) is 5.22. The van der Waals surface area contributed by atoms with Gasteiger partial charge in [-0.1, -0.05) is 75.3 Å². The van der Waals surface area contributed by atoms with E-state index in [0.29, 0.717) is 5.92 Å². The monoisotopic (exact) mass is 286 g/mol. The molecule has 1 unspecified atom stereocenters. The van der Waals surface area contributed by atoms with Crippen molar-refractivity contribution in [1.82, 2.24) is 0 Å². The fourth-order valence-corrected chi connectivity index (χ4v) is 4.79. The minimum Gasteiger partial charge on any atom is -0.392 e. The Labute approximate surface area is 129 Å². The molecule has 0 saturated heterocycles. The van der Waals surface area contributed by atoms with Gasteiger partial charge < -0.3 is 5.11 Å². The molecule has 1 aromatic rings. The molecule has 1 aromatic carbocycles. The molecule has 1 N–H and O–H groups in total. The molecular weight excluding hydrogens is 256 g/mol. The van der Waals surface area contributed by atoms with Gasteiger partial charge in [0.05, 0.1) is 6.10 Å². The topological polar surface area (TPSA) is 20.2 Å². The van der Waals surface area contributed by atoms with Gasteiger partial charge in [-0.15, -0.1) is 0 Å². The summed E-state index contributed by atoms with van der Waals surface area (Å²) >= 11 is 0. The maximum atomic E-state index is 11.3. The highest BCUT2D eigenvalue weighted by Gasteiger charge is 2.43. The summed E-state index contributed by atoms with van der Waals surface area (Å²) in [6, 6.07) is 10.9. The molecule has 1 nitrogen and oxygen atoms in total. The second-order valence-electron chi connectivity index (χ2n) is 7.28. The molecule has 3 rings (SSSR count). The second-order valence-corrected chi connectivity index (χ2v) is 7.28. The minimum absolute atomic E-state index is 0.0362. The van der Waals surface area contributed by atoms with Crippen molar-refractivity contribution in [3.63, 3.8) is 0 Å². The third-order valence-corrected chi connectivity index (χ3v) is 6.01. The first-order valence-corrected chi connectivity index (χ1v) is 9.06. The summed E-state index contributed by atoms with van der Waals surface area (Å²) in [6.07, 6.45) is 13.9. The van der Waals surface area contributed by atoms with E-state index in [1.54, 1.807) is 0 Å². The van der Waals surface area contributed by atoms with Crippen molar-refractivity contribution in [2.24, 2.45) is 5.92 Å². The fraction of sp³-hybridized carbons (Fsp3) is 0.700. The molecule has 0 bridgehead atoms. The van der Waals surface area contributed by atoms with E-state index in [-0.39, 0.29) is 11.5 Å². The third-order valence-electron chi connectivity index (χ3n) is 6.01. The highest BCUT2D eigenvalue weighted by Crippen LogP contribution is 2.46. The molecule has 0 spiro atoms. The van der Waals surface area contributed by atoms with Gasteiger partial charge in [0.25, 0.3) is 0 Å². The summed E-state index contributed by atoms with van der Waals surface area (Å²) in [6.45, 7) is 0. The molecule has 2 saturated carbocycles. The van der Waals surface area contributed by atoms with Gasteiger partial charge in [-0.05, 0) is 37.2 Å². The van der Waals surface area contributed by atoms with E-state index in [1.165, 1.54) is 76.2 Å². The van der Waals surface area contributed by atoms with Crippen LogP contribution in [0.1, 0.15) is 76.2 Å². The lowest BCUT2D eigenvalue weighted by Gasteiger charge is -2.45. The van der Waals surface area contributed by atoms with Crippen LogP contribution in [-0.4, -0.2) is 11.2 Å². The van der Waals surface area contributed by atoms with Crippen molar-refractivity contribution in [2.75, 3.05) is 0 Å². The van der Waals surface area contributed by atoms with E-state index in [0.717, 1.165) is 0 Å². The van der Waals surface area contributed by atoms with Crippen molar-refractivity contribution in [3.05, 3.63) is 35.9 Å². The van der Waals surface area contributed by atoms with Crippen LogP contribution in [0, 0.1) is 5.92 Å². The lowest BCUT2D eigenvalue weighted by atomic mass is 9.62. The average molecular weight is 286 g/mol. The second kappa shape index (κ2) is 6.96. The number of hydrogen-bond acceptors (Lipinski definition) is 1. The Morgan fingerprint density at radius 3 is 2.00 bits per heavy atom. The normalized spacial score (nSPS) is 25.2. The SMILES string of the molecule is OC(C1CCCCCC1)C1(c2ccccc2)CCCCC1. The Kier molecular flexibility index (Phi) is 5.00. The van der Waals surface area contributed by atoms with Crippen molar-refractivity contribution >= 4 is 0 Å². The molecular formula is C20H30O. The summed E-state index contributed by atoms with van der Waals surface area (Å²) in [7, 11) is 0. The zero-order chi connectivity index (χ0) is 14.5. The Morgan fingerprint density at radius 1 is 0.810 bits per heavy atom. The van der Waals surface area contributed by atoms with Gasteiger partial charge >= 0.3 is 0 Å². The third kappa shape index (κ3) is 3.18. The molecule has 2 aliphatic carbocycles. The molecule has 2 fully saturated rings. The van der Waals surface area contributed by atoms with Crippen LogP contribution in [0.15, 0.2) is 30.3 Å². The number of benzene rings is 1. The molecule has 0 heterocycles. The Morgan fingerprint density at radius 2 is 1.38 bits per heavy atom. The van der Waals surface area contributed by atoms with E-state index >= 15 is 0 Å². The van der Waals surface area contributed by atoms with Crippen LogP contribution in [0.5, 0.6) is 0 Å². The molecule has 21 heavy (non-hydrogen) atoms. The molecule has 1 atom stereocenters. The molecule has 0 amide bonds. The lowest BCUT2D eigenvalue weighted by molar-refractivity contribution is 0.00186. The summed E-state index contributed by atoms with van der Waals surface area (Å²) in [5, 5.41) is 11.3. The lowest BCUT2D eigenvalue weighted by Crippen LogP contribution is -2.45. The van der Waals surface area contributed by atoms with Crippen molar-refractivity contribution in [3.8, 4) is 0 Å². The average Bonchev–Trinajstić information content (AvgIpc) is 2.85. The largest absolute Gasteiger partial charge is 0.392 e. The number of rotatable bonds is 3. The maximum absolute atomic E-state index is 11.3. The van der Waals surface area contributed by atoms with E-state index in [9.17, 15) is 5.11 Å². The zero-order valence-corrected chi connectivity index (χ0v) is 13.3. The summed E-state index contributed by atoms with van der Waals surface area (Å²) in [5.74, 6) is 0.519. The summed E-state index contributed by atoms with van der Waals surface area (Å²) < 4.78 is 0. The van der Waals surface area contributed by atoms with Crippen LogP contribution in [0.3, 0.4) is 0 Å². The molecule has 0 aromatic heterocycles. The van der Waals surface area contributed by atoms with Crippen LogP contribution in [0.25, 0.3) is 0 Å². The Hall–Kier alpha value is -0.820. The predicted molar refractivity (Wildman–Crippen MR) is 88.4 cm³/mol. The van der Waals surface area contributed by atoms with Gasteiger partial charge in [-0.3, -0.25) is 0 Å². The van der Waals surface area contributed by atoms with Crippen molar-refractivity contribution < 1.29 is 5.11 Å². The highest BCUT2D eigenvalue weighted by atomic mass is 16.3. The van der Waals surface area contributed by atoms with Crippen LogP contribution < -0.4 is 0 Å². The van der Waals surface area contributed by atoms with Gasteiger partial charge in [0.2, 0.25) is 0 Å². The fourth-order valence-electron chi connectivity index (χ4n) is 4.79. The number of aliphatic hydroxyl groups is 1. The van der Waals surface area contributed by atoms with Crippen molar-refractivity contribution in [1.29, 1.82) is 0 Å². The van der Waals surface area contributed by atoms with E-state index < -0.39 is 0 Å². The molecule has 2 aliphatic rings. The smallest absolute Gasteiger partial charge is 0.0664 e. The Bertz CT molecular complexity index is 411. The van der Waals surface area contributed by atoms with Gasteiger partial charge in [0, 0.05) is 5.41 Å². The van der Waals surface area contributed by atoms with Crippen LogP contribution in [-0.2, 0) is 5.41 Å². The maximum Gasteiger partial charge on any atom is 0.0664 e. The number of hydrogen-bond donors (Lipinski definition) is 1. The van der Waals surface area contributed by atoms with E-state index in [1.807, 2.05) is 0 Å². The van der Waals surface area contributed by atoms with Gasteiger partial charge in [0.1, 0.15) is 0 Å². The first-order valence-electron chi connectivity index (χ1n) is 9.06. The summed E-state index contributed by atoms with van der Waals surface area (Å²) in [5.41, 5.74) is 1.43. The van der Waals surface area contributed by atoms with Crippen molar-refractivity contribution in [2.45, 2.75) is 82.1 Å². The molecule has 0 aliphatic heterocycles. The first-order chi connectivity index (χ1) is 10.3. The minimum atomic E-state index is -0.140. The van der Waals surface area contributed by atoms with E-state index in [4.69, 9.17) is 0 Å². The van der Waals surface area contributed by atoms with E-state index in [2.05, 4.69) is 30.3 Å². The highest BCUT2D eigenvalue weighted by molar-refractivity contribution is 5.28. The van der Waals surface area contributed by atoms with Crippen LogP contribution in [0.4, 0.5) is 0 Å². The van der Waals surface area contributed by atoms with Crippen LogP contribution in [0.2, 0.25) is 0 Å². The zero-order valence-electron chi connectivity index (χ0n) is 13.3. The molecule has 116 valence electrons. The quantitative estimate of drug-likeness (QED) is 0.755. The Balaban J connectivity index is 1.87. The van der Waals surface area contributed by atoms with Gasteiger partial charge in [0.15, 0.2) is 0 Å². The number of aliphatic hydroxyl groups excluding tert-OH is 1. The standard InChI is InChI=1S/C20H30O/c21-19(17-11-5-1-2-6-12-17)20(15-9-4-10-16-20)18-13-7-3-8-14-18/h3,7-8,13-14,17,19,21H,1-2,4-6,9-12,15-16H2. The first kappa shape index (κ1) is 15.1. The molecule has 1 heteroatoms. The van der Waals surface area contributed by atoms with Gasteiger partial charge in [-0.2, -0.15) is 0 Å². The molecule has 0 radical (unpaired) electrons. The summed E-state index contributed by atoms with van der Waals surface area (Å²) in [4.78, 5) is 0.